The van der Waals surface area contributed by atoms with E-state index in [9.17, 15) is 0 Å². The molecule has 1 aliphatic rings. The molecule has 0 aliphatic carbocycles. The van der Waals surface area contributed by atoms with E-state index in [1.54, 1.807) is 24.3 Å². The molecule has 1 heterocycles. The van der Waals surface area contributed by atoms with E-state index >= 15 is 8.78 Å². The highest BCUT2D eigenvalue weighted by atomic mass is 79.9. The third-order valence-electron chi connectivity index (χ3n) is 4.47. The van der Waals surface area contributed by atoms with Gasteiger partial charge >= 0.3 is 0 Å². The molecule has 4 nitrogen and oxygen atoms in total. The van der Waals surface area contributed by atoms with Crippen molar-refractivity contribution in [1.82, 2.24) is 0 Å². The normalized spacial score (nSPS) is 22.2. The maximum Gasteiger partial charge on any atom is 0.292 e. The number of nitrogens with zero attached hydrogens (tertiary/aromatic N) is 1. The summed E-state index contributed by atoms with van der Waals surface area (Å²) in [7, 11) is 0. The molecule has 0 saturated carbocycles. The first kappa shape index (κ1) is 18.8. The third kappa shape index (κ3) is 3.45. The van der Waals surface area contributed by atoms with Gasteiger partial charge in [0.2, 0.25) is 0 Å². The van der Waals surface area contributed by atoms with Gasteiger partial charge in [-0.2, -0.15) is 5.26 Å². The predicted molar refractivity (Wildman–Crippen MR) is 95.8 cm³/mol. The fourth-order valence-corrected chi connectivity index (χ4v) is 3.47. The number of hydrogen-bond donors (Lipinski definition) is 1. The number of fused-ring (bicyclic) bond motifs is 1. The van der Waals surface area contributed by atoms with Crippen molar-refractivity contribution in [3.63, 3.8) is 0 Å². The van der Waals surface area contributed by atoms with E-state index in [1.165, 1.54) is 0 Å². The quantitative estimate of drug-likeness (QED) is 0.729. The van der Waals surface area contributed by atoms with Gasteiger partial charge in [0, 0.05) is 16.5 Å². The summed E-state index contributed by atoms with van der Waals surface area (Å²) < 4.78 is 41.6. The Morgan fingerprint density at radius 2 is 2.04 bits per heavy atom. The lowest BCUT2D eigenvalue weighted by molar-refractivity contribution is -0.143. The van der Waals surface area contributed by atoms with Gasteiger partial charge in [-0.25, -0.2) is 8.78 Å². The molecule has 2 unspecified atom stereocenters. The minimum atomic E-state index is -3.39. The SMILES string of the molecule is N#CCOCC(F)(F)C1(N)CC(c2ccccc2)Oc2ccc(Br)cc21. The second-order valence-electron chi connectivity index (χ2n) is 6.19. The Morgan fingerprint density at radius 1 is 1.31 bits per heavy atom. The van der Waals surface area contributed by atoms with Gasteiger partial charge in [0.25, 0.3) is 5.92 Å². The Hall–Kier alpha value is -2.01. The van der Waals surface area contributed by atoms with Gasteiger partial charge in [0.05, 0.1) is 6.07 Å². The molecule has 7 heteroatoms. The molecule has 0 aromatic heterocycles. The van der Waals surface area contributed by atoms with E-state index in [2.05, 4.69) is 15.9 Å². The van der Waals surface area contributed by atoms with Crippen LogP contribution in [0.25, 0.3) is 0 Å². The van der Waals surface area contributed by atoms with Gasteiger partial charge < -0.3 is 15.2 Å². The van der Waals surface area contributed by atoms with Crippen LogP contribution in [0.5, 0.6) is 5.75 Å². The lowest BCUT2D eigenvalue weighted by atomic mass is 9.76. The van der Waals surface area contributed by atoms with Crippen LogP contribution in [0.3, 0.4) is 0 Å². The highest BCUT2D eigenvalue weighted by Gasteiger charge is 2.56. The Kier molecular flexibility index (Phi) is 5.28. The predicted octanol–water partition coefficient (Wildman–Crippen LogP) is 4.30. The van der Waals surface area contributed by atoms with Crippen LogP contribution in [0.4, 0.5) is 8.78 Å². The van der Waals surface area contributed by atoms with Crippen molar-refractivity contribution in [2.24, 2.45) is 5.73 Å². The average Bonchev–Trinajstić information content (AvgIpc) is 2.63. The van der Waals surface area contributed by atoms with Crippen LogP contribution >= 0.6 is 15.9 Å². The Balaban J connectivity index is 2.04. The molecule has 136 valence electrons. The Morgan fingerprint density at radius 3 is 2.73 bits per heavy atom. The topological polar surface area (TPSA) is 68.3 Å². The van der Waals surface area contributed by atoms with Crippen LogP contribution in [0.2, 0.25) is 0 Å². The molecule has 0 spiro atoms. The summed E-state index contributed by atoms with van der Waals surface area (Å²) >= 11 is 3.30. The maximum absolute atomic E-state index is 15.1. The fraction of sp³-hybridized carbons (Fsp3) is 0.316. The van der Waals surface area contributed by atoms with Crippen molar-refractivity contribution < 1.29 is 18.3 Å². The zero-order valence-corrected chi connectivity index (χ0v) is 15.4. The zero-order valence-electron chi connectivity index (χ0n) is 13.8. The number of ether oxygens (including phenoxy) is 2. The summed E-state index contributed by atoms with van der Waals surface area (Å²) in [5.74, 6) is -3.08. The molecule has 0 radical (unpaired) electrons. The van der Waals surface area contributed by atoms with E-state index in [-0.39, 0.29) is 12.0 Å². The maximum atomic E-state index is 15.1. The molecule has 0 fully saturated rings. The second-order valence-corrected chi connectivity index (χ2v) is 7.10. The number of nitrogens with two attached hydrogens (primary N) is 1. The van der Waals surface area contributed by atoms with Gasteiger partial charge in [-0.15, -0.1) is 0 Å². The molecule has 26 heavy (non-hydrogen) atoms. The molecule has 2 N–H and O–H groups in total. The highest BCUT2D eigenvalue weighted by Crippen LogP contribution is 2.50. The molecular formula is C19H17BrF2N2O2. The van der Waals surface area contributed by atoms with E-state index in [0.717, 1.165) is 5.56 Å². The van der Waals surface area contributed by atoms with Crippen molar-refractivity contribution in [1.29, 1.82) is 5.26 Å². The van der Waals surface area contributed by atoms with E-state index < -0.39 is 30.8 Å². The Labute approximate surface area is 158 Å². The van der Waals surface area contributed by atoms with E-state index in [1.807, 2.05) is 30.3 Å². The van der Waals surface area contributed by atoms with Crippen LogP contribution < -0.4 is 10.5 Å². The highest BCUT2D eigenvalue weighted by molar-refractivity contribution is 9.10. The van der Waals surface area contributed by atoms with Crippen molar-refractivity contribution in [3.05, 3.63) is 64.1 Å². The number of rotatable bonds is 5. The lowest BCUT2D eigenvalue weighted by Crippen LogP contribution is -2.57. The number of hydrogen-bond acceptors (Lipinski definition) is 4. The molecule has 2 aromatic carbocycles. The van der Waals surface area contributed by atoms with Crippen molar-refractivity contribution in [2.75, 3.05) is 13.2 Å². The van der Waals surface area contributed by atoms with Gasteiger partial charge in [-0.3, -0.25) is 0 Å². The molecule has 3 rings (SSSR count). The van der Waals surface area contributed by atoms with Gasteiger partial charge in [0.1, 0.15) is 30.6 Å². The minimum absolute atomic E-state index is 0.122. The molecule has 2 atom stereocenters. The molecule has 1 aliphatic heterocycles. The summed E-state index contributed by atoms with van der Waals surface area (Å²) in [4.78, 5) is 0. The lowest BCUT2D eigenvalue weighted by Gasteiger charge is -2.44. The second kappa shape index (κ2) is 7.31. The smallest absolute Gasteiger partial charge is 0.292 e. The largest absolute Gasteiger partial charge is 0.485 e. The molecular weight excluding hydrogens is 406 g/mol. The first-order chi connectivity index (χ1) is 12.4. The first-order valence-electron chi connectivity index (χ1n) is 8.00. The van der Waals surface area contributed by atoms with Crippen LogP contribution in [0.15, 0.2) is 53.0 Å². The number of benzene rings is 2. The first-order valence-corrected chi connectivity index (χ1v) is 8.80. The monoisotopic (exact) mass is 422 g/mol. The molecule has 0 saturated heterocycles. The van der Waals surface area contributed by atoms with Gasteiger partial charge in [0.15, 0.2) is 0 Å². The van der Waals surface area contributed by atoms with E-state index in [4.69, 9.17) is 20.5 Å². The van der Waals surface area contributed by atoms with Gasteiger partial charge in [-0.05, 0) is 23.8 Å². The van der Waals surface area contributed by atoms with E-state index in [0.29, 0.717) is 10.2 Å². The Bertz CT molecular complexity index is 826. The third-order valence-corrected chi connectivity index (χ3v) is 4.97. The number of alkyl halides is 2. The average molecular weight is 423 g/mol. The van der Waals surface area contributed by atoms with Crippen LogP contribution in [-0.4, -0.2) is 19.1 Å². The van der Waals surface area contributed by atoms with Crippen molar-refractivity contribution in [3.8, 4) is 11.8 Å². The van der Waals surface area contributed by atoms with Crippen LogP contribution in [0.1, 0.15) is 23.7 Å². The van der Waals surface area contributed by atoms with Crippen LogP contribution in [0, 0.1) is 11.3 Å². The van der Waals surface area contributed by atoms with Crippen molar-refractivity contribution in [2.45, 2.75) is 24.0 Å². The molecule has 0 bridgehead atoms. The number of nitriles is 1. The fourth-order valence-electron chi connectivity index (χ4n) is 3.10. The van der Waals surface area contributed by atoms with Crippen molar-refractivity contribution >= 4 is 15.9 Å². The summed E-state index contributed by atoms with van der Waals surface area (Å²) in [6.07, 6.45) is -0.736. The summed E-state index contributed by atoms with van der Waals surface area (Å²) in [5.41, 5.74) is 5.29. The van der Waals surface area contributed by atoms with Gasteiger partial charge in [-0.1, -0.05) is 46.3 Å². The molecule has 2 aromatic rings. The van der Waals surface area contributed by atoms with Crippen LogP contribution in [-0.2, 0) is 10.3 Å². The molecule has 0 amide bonds. The number of halogens is 3. The minimum Gasteiger partial charge on any atom is -0.485 e. The summed E-state index contributed by atoms with van der Waals surface area (Å²) in [6.45, 7) is -1.36. The summed E-state index contributed by atoms with van der Waals surface area (Å²) in [6, 6.07) is 15.7. The summed E-state index contributed by atoms with van der Waals surface area (Å²) in [5, 5.41) is 8.55. The standard InChI is InChI=1S/C19H17BrF2N2O2/c20-14-6-7-16-15(10-14)18(24,19(21,22)12-25-9-8-23)11-17(26-16)13-4-2-1-3-5-13/h1-7,10,17H,9,11-12,24H2. The zero-order chi connectivity index (χ0) is 18.8.